The molecule has 1 saturated heterocycles. The lowest BCUT2D eigenvalue weighted by molar-refractivity contribution is 0.0114. The molecule has 0 aromatic heterocycles. The highest BCUT2D eigenvalue weighted by molar-refractivity contribution is 5.95. The summed E-state index contributed by atoms with van der Waals surface area (Å²) in [5, 5.41) is 16.5. The van der Waals surface area contributed by atoms with Gasteiger partial charge in [-0.3, -0.25) is 9.69 Å². The number of rotatable bonds is 5. The smallest absolute Gasteiger partial charge is 0.341 e. The molecule has 3 aliphatic rings. The van der Waals surface area contributed by atoms with Crippen LogP contribution in [0.5, 0.6) is 0 Å². The number of pyridine rings is 1. The van der Waals surface area contributed by atoms with Crippen molar-refractivity contribution in [1.29, 1.82) is 0 Å². The molecule has 130 valence electrons. The zero-order chi connectivity index (χ0) is 17.1. The van der Waals surface area contributed by atoms with Crippen LogP contribution in [0.1, 0.15) is 10.4 Å². The van der Waals surface area contributed by atoms with E-state index >= 15 is 0 Å². The Morgan fingerprint density at radius 2 is 2.17 bits per heavy atom. The number of aromatic amines is 1. The standard InChI is InChI=1S/C15H20N4O5/c1-23-15(22)12-9-19(8-11-13(12)16-17-14(11)21)7-10(20)6-18-2-4-24-5-3-18/h8-10,20H,2-7H2,1H3,(H,17,21). The Morgan fingerprint density at radius 3 is 2.88 bits per heavy atom. The number of carbonyl (C=O) groups excluding carboxylic acids is 1. The molecule has 0 aromatic rings. The average Bonchev–Trinajstić information content (AvgIpc) is 2.95. The summed E-state index contributed by atoms with van der Waals surface area (Å²) >= 11 is 0. The van der Waals surface area contributed by atoms with Crippen LogP contribution in [-0.4, -0.2) is 76.8 Å². The lowest BCUT2D eigenvalue weighted by atomic mass is 10.1. The van der Waals surface area contributed by atoms with Gasteiger partial charge in [0, 0.05) is 38.6 Å². The minimum Gasteiger partial charge on any atom is -0.465 e. The highest BCUT2D eigenvalue weighted by Crippen LogP contribution is 2.20. The van der Waals surface area contributed by atoms with E-state index in [0.29, 0.717) is 19.8 Å². The summed E-state index contributed by atoms with van der Waals surface area (Å²) in [5.74, 6) is -0.580. The normalized spacial score (nSPS) is 17.1. The molecular formula is C15H20N4O5. The van der Waals surface area contributed by atoms with Crippen molar-refractivity contribution in [2.75, 3.05) is 40.0 Å². The Bertz CT molecular complexity index is 734. The number of morpholine rings is 1. The molecule has 3 heterocycles. The SMILES string of the molecule is COC(=O)c1cn(CC(O)CN2CCOCC2)cc2c(=O)[nH]nc1-2. The number of aliphatic hydroxyl groups is 1. The Labute approximate surface area is 138 Å². The zero-order valence-corrected chi connectivity index (χ0v) is 13.4. The van der Waals surface area contributed by atoms with Crippen LogP contribution in [0.15, 0.2) is 17.2 Å². The number of fused-ring (bicyclic) bond motifs is 1. The van der Waals surface area contributed by atoms with Crippen molar-refractivity contribution in [3.63, 3.8) is 0 Å². The highest BCUT2D eigenvalue weighted by Gasteiger charge is 2.23. The summed E-state index contributed by atoms with van der Waals surface area (Å²) in [6, 6.07) is 0. The number of nitrogens with one attached hydrogen (secondary N) is 1. The Morgan fingerprint density at radius 1 is 1.42 bits per heavy atom. The van der Waals surface area contributed by atoms with E-state index in [2.05, 4.69) is 15.1 Å². The van der Waals surface area contributed by atoms with E-state index < -0.39 is 12.1 Å². The van der Waals surface area contributed by atoms with Crippen LogP contribution < -0.4 is 5.56 Å². The van der Waals surface area contributed by atoms with Crippen molar-refractivity contribution >= 4 is 5.97 Å². The second kappa shape index (κ2) is 7.12. The average molecular weight is 336 g/mol. The molecule has 9 heteroatoms. The molecule has 1 atom stereocenters. The highest BCUT2D eigenvalue weighted by atomic mass is 16.5. The molecule has 2 N–H and O–H groups in total. The van der Waals surface area contributed by atoms with E-state index in [1.54, 1.807) is 10.8 Å². The lowest BCUT2D eigenvalue weighted by Gasteiger charge is -2.28. The number of H-pyrrole nitrogens is 1. The third-order valence-corrected chi connectivity index (χ3v) is 4.01. The second-order valence-corrected chi connectivity index (χ2v) is 5.74. The van der Waals surface area contributed by atoms with Crippen LogP contribution in [0.2, 0.25) is 0 Å². The van der Waals surface area contributed by atoms with Gasteiger partial charge in [-0.25, -0.2) is 9.89 Å². The van der Waals surface area contributed by atoms with Gasteiger partial charge in [-0.15, -0.1) is 0 Å². The molecule has 0 aliphatic carbocycles. The maximum atomic E-state index is 11.9. The van der Waals surface area contributed by atoms with Gasteiger partial charge < -0.3 is 19.1 Å². The van der Waals surface area contributed by atoms with Crippen LogP contribution >= 0.6 is 0 Å². The number of hydrogen-bond donors (Lipinski definition) is 2. The van der Waals surface area contributed by atoms with Crippen molar-refractivity contribution in [3.05, 3.63) is 28.3 Å². The number of methoxy groups -OCH3 is 1. The topological polar surface area (TPSA) is 110 Å². The van der Waals surface area contributed by atoms with E-state index in [9.17, 15) is 14.7 Å². The van der Waals surface area contributed by atoms with Crippen molar-refractivity contribution in [2.24, 2.45) is 0 Å². The van der Waals surface area contributed by atoms with Crippen LogP contribution in [0.4, 0.5) is 0 Å². The summed E-state index contributed by atoms with van der Waals surface area (Å²) in [7, 11) is 1.27. The van der Waals surface area contributed by atoms with E-state index in [-0.39, 0.29) is 28.9 Å². The first-order chi connectivity index (χ1) is 11.6. The number of hydrogen-bond acceptors (Lipinski definition) is 7. The van der Waals surface area contributed by atoms with Gasteiger partial charge >= 0.3 is 5.97 Å². The molecular weight excluding hydrogens is 316 g/mol. The van der Waals surface area contributed by atoms with Crippen molar-refractivity contribution in [1.82, 2.24) is 19.7 Å². The number of esters is 1. The fourth-order valence-corrected chi connectivity index (χ4v) is 2.84. The lowest BCUT2D eigenvalue weighted by Crippen LogP contribution is -2.42. The van der Waals surface area contributed by atoms with Gasteiger partial charge in [-0.05, 0) is 0 Å². The summed E-state index contributed by atoms with van der Waals surface area (Å²) in [6.07, 6.45) is 2.48. The van der Waals surface area contributed by atoms with Crippen molar-refractivity contribution in [2.45, 2.75) is 12.6 Å². The maximum Gasteiger partial charge on any atom is 0.341 e. The first-order valence-corrected chi connectivity index (χ1v) is 7.73. The predicted octanol–water partition coefficient (Wildman–Crippen LogP) is -0.844. The van der Waals surface area contributed by atoms with Gasteiger partial charge in [0.05, 0.1) is 32.0 Å². The third kappa shape index (κ3) is 3.48. The van der Waals surface area contributed by atoms with E-state index in [1.165, 1.54) is 13.3 Å². The summed E-state index contributed by atoms with van der Waals surface area (Å²) in [5.41, 5.74) is 0.362. The number of aliphatic hydroxyl groups excluding tert-OH is 1. The van der Waals surface area contributed by atoms with E-state index in [1.807, 2.05) is 0 Å². The summed E-state index contributed by atoms with van der Waals surface area (Å²) in [6.45, 7) is 3.63. The van der Waals surface area contributed by atoms with Gasteiger partial charge in [-0.2, -0.15) is 5.10 Å². The molecule has 24 heavy (non-hydrogen) atoms. The molecule has 9 nitrogen and oxygen atoms in total. The van der Waals surface area contributed by atoms with Gasteiger partial charge in [0.25, 0.3) is 5.56 Å². The molecule has 0 spiro atoms. The quantitative estimate of drug-likeness (QED) is 0.685. The Balaban J connectivity index is 1.80. The summed E-state index contributed by atoms with van der Waals surface area (Å²) < 4.78 is 11.6. The van der Waals surface area contributed by atoms with Crippen molar-refractivity contribution < 1.29 is 19.4 Å². The molecule has 3 rings (SSSR count). The molecule has 0 radical (unpaired) electrons. The van der Waals surface area contributed by atoms with Crippen LogP contribution in [-0.2, 0) is 16.0 Å². The number of nitrogens with zero attached hydrogens (tertiary/aromatic N) is 3. The molecule has 3 aliphatic heterocycles. The van der Waals surface area contributed by atoms with Gasteiger partial charge in [0.2, 0.25) is 0 Å². The first kappa shape index (κ1) is 16.6. The Kier molecular flexibility index (Phi) is 4.93. The number of carbonyl (C=O) groups is 1. The predicted molar refractivity (Wildman–Crippen MR) is 84.1 cm³/mol. The van der Waals surface area contributed by atoms with E-state index in [4.69, 9.17) is 9.47 Å². The minimum absolute atomic E-state index is 0.187. The number of aromatic nitrogens is 3. The van der Waals surface area contributed by atoms with Crippen LogP contribution in [0.3, 0.4) is 0 Å². The second-order valence-electron chi connectivity index (χ2n) is 5.74. The van der Waals surface area contributed by atoms with Gasteiger partial charge in [0.15, 0.2) is 0 Å². The molecule has 0 amide bonds. The van der Waals surface area contributed by atoms with E-state index in [0.717, 1.165) is 13.1 Å². The number of β-amino-alcohol motifs (C(OH)–C–C–N with tert-alkyl or cyclic N) is 1. The zero-order valence-electron chi connectivity index (χ0n) is 13.4. The summed E-state index contributed by atoms with van der Waals surface area (Å²) in [4.78, 5) is 25.9. The molecule has 0 saturated carbocycles. The van der Waals surface area contributed by atoms with Crippen LogP contribution in [0, 0.1) is 0 Å². The molecule has 0 bridgehead atoms. The Hall–Kier alpha value is -2.23. The maximum absolute atomic E-state index is 11.9. The first-order valence-electron chi connectivity index (χ1n) is 7.73. The van der Waals surface area contributed by atoms with Crippen LogP contribution in [0.25, 0.3) is 11.3 Å². The number of ether oxygens (including phenoxy) is 2. The third-order valence-electron chi connectivity index (χ3n) is 4.01. The van der Waals surface area contributed by atoms with Crippen molar-refractivity contribution in [3.8, 4) is 11.3 Å². The largest absolute Gasteiger partial charge is 0.465 e. The monoisotopic (exact) mass is 336 g/mol. The molecule has 0 aromatic carbocycles. The van der Waals surface area contributed by atoms with Gasteiger partial charge in [-0.1, -0.05) is 0 Å². The molecule has 1 unspecified atom stereocenters. The molecule has 1 fully saturated rings. The fraction of sp³-hybridized carbons (Fsp3) is 0.533. The fourth-order valence-electron chi connectivity index (χ4n) is 2.84. The minimum atomic E-state index is -0.641. The van der Waals surface area contributed by atoms with Gasteiger partial charge in [0.1, 0.15) is 11.3 Å².